The molecule has 0 unspecified atom stereocenters. The third-order valence-corrected chi connectivity index (χ3v) is 2.75. The second-order valence-corrected chi connectivity index (χ2v) is 4.23. The van der Waals surface area contributed by atoms with Crippen molar-refractivity contribution in [1.29, 1.82) is 0 Å². The molecule has 0 bridgehead atoms. The van der Waals surface area contributed by atoms with Crippen LogP contribution in [0.3, 0.4) is 0 Å². The van der Waals surface area contributed by atoms with Crippen LogP contribution in [0.25, 0.3) is 0 Å². The van der Waals surface area contributed by atoms with Gasteiger partial charge in [0, 0.05) is 20.1 Å². The van der Waals surface area contributed by atoms with Gasteiger partial charge in [-0.2, -0.15) is 0 Å². The average molecular weight is 338 g/mol. The van der Waals surface area contributed by atoms with Crippen molar-refractivity contribution in [2.24, 2.45) is 10.9 Å². The summed E-state index contributed by atoms with van der Waals surface area (Å²) in [7, 11) is 1.97. The van der Waals surface area contributed by atoms with Crippen LogP contribution in [-0.2, 0) is 4.79 Å². The molecule has 2 N–H and O–H groups in total. The number of nitrogens with one attached hydrogen (secondary N) is 2. The van der Waals surface area contributed by atoms with Crippen molar-refractivity contribution in [2.45, 2.75) is 12.8 Å². The van der Waals surface area contributed by atoms with E-state index in [-0.39, 0.29) is 29.9 Å². The zero-order valence-corrected chi connectivity index (χ0v) is 11.9. The minimum absolute atomic E-state index is 0. The number of halogens is 1. The number of hydrogen-bond donors (Lipinski definition) is 2. The zero-order chi connectivity index (χ0) is 10.7. The van der Waals surface area contributed by atoms with E-state index >= 15 is 0 Å². The third kappa shape index (κ3) is 4.15. The molecule has 0 spiro atoms. The van der Waals surface area contributed by atoms with E-state index in [2.05, 4.69) is 15.6 Å². The monoisotopic (exact) mass is 338 g/mol. The van der Waals surface area contributed by atoms with E-state index in [9.17, 15) is 4.79 Å². The SMILES string of the molecule is CN1CCN=C1NCC(=O)NCC1CC1.I. The molecule has 0 atom stereocenters. The molecule has 0 aromatic rings. The second-order valence-electron chi connectivity index (χ2n) is 4.23. The van der Waals surface area contributed by atoms with Crippen LogP contribution in [0.5, 0.6) is 0 Å². The molecule has 16 heavy (non-hydrogen) atoms. The molecule has 92 valence electrons. The highest BCUT2D eigenvalue weighted by Gasteiger charge is 2.21. The van der Waals surface area contributed by atoms with Crippen molar-refractivity contribution in [1.82, 2.24) is 15.5 Å². The van der Waals surface area contributed by atoms with Gasteiger partial charge in [0.1, 0.15) is 0 Å². The minimum Gasteiger partial charge on any atom is -0.354 e. The summed E-state index contributed by atoms with van der Waals surface area (Å²) in [5.74, 6) is 1.63. The van der Waals surface area contributed by atoms with Gasteiger partial charge in [0.25, 0.3) is 0 Å². The van der Waals surface area contributed by atoms with Gasteiger partial charge in [-0.1, -0.05) is 0 Å². The lowest BCUT2D eigenvalue weighted by molar-refractivity contribution is -0.120. The van der Waals surface area contributed by atoms with Crippen molar-refractivity contribution >= 4 is 35.8 Å². The molecular formula is C10H19IN4O. The maximum absolute atomic E-state index is 11.4. The molecule has 1 aliphatic heterocycles. The number of aliphatic imine (C=N–C) groups is 1. The number of nitrogens with zero attached hydrogens (tertiary/aromatic N) is 2. The maximum atomic E-state index is 11.4. The zero-order valence-electron chi connectivity index (χ0n) is 9.53. The Hall–Kier alpha value is -0.530. The van der Waals surface area contributed by atoms with Crippen molar-refractivity contribution in [3.8, 4) is 0 Å². The van der Waals surface area contributed by atoms with E-state index in [4.69, 9.17) is 0 Å². The Balaban J connectivity index is 0.00000128. The summed E-state index contributed by atoms with van der Waals surface area (Å²) < 4.78 is 0. The van der Waals surface area contributed by atoms with Crippen molar-refractivity contribution in [3.63, 3.8) is 0 Å². The fraction of sp³-hybridized carbons (Fsp3) is 0.800. The van der Waals surface area contributed by atoms with Crippen LogP contribution in [0.15, 0.2) is 4.99 Å². The number of likely N-dealkylation sites (N-methyl/N-ethyl adjacent to an activating group) is 1. The number of hydrogen-bond acceptors (Lipinski definition) is 4. The summed E-state index contributed by atoms with van der Waals surface area (Å²) in [6, 6.07) is 0. The Labute approximate surface area is 113 Å². The van der Waals surface area contributed by atoms with E-state index in [1.165, 1.54) is 12.8 Å². The highest BCUT2D eigenvalue weighted by atomic mass is 127. The van der Waals surface area contributed by atoms with Gasteiger partial charge in [0.2, 0.25) is 5.91 Å². The Morgan fingerprint density at radius 2 is 2.31 bits per heavy atom. The highest BCUT2D eigenvalue weighted by molar-refractivity contribution is 14.0. The lowest BCUT2D eigenvalue weighted by Gasteiger charge is -2.14. The van der Waals surface area contributed by atoms with Crippen LogP contribution < -0.4 is 10.6 Å². The van der Waals surface area contributed by atoms with Gasteiger partial charge in [-0.3, -0.25) is 9.79 Å². The third-order valence-electron chi connectivity index (χ3n) is 2.75. The molecule has 1 amide bonds. The van der Waals surface area contributed by atoms with E-state index in [0.717, 1.165) is 31.5 Å². The van der Waals surface area contributed by atoms with Gasteiger partial charge < -0.3 is 15.5 Å². The number of guanidine groups is 1. The molecule has 0 aromatic carbocycles. The molecule has 0 radical (unpaired) electrons. The molecular weight excluding hydrogens is 319 g/mol. The maximum Gasteiger partial charge on any atom is 0.239 e. The number of carbonyl (C=O) groups is 1. The molecule has 0 aromatic heterocycles. The van der Waals surface area contributed by atoms with Gasteiger partial charge in [-0.25, -0.2) is 0 Å². The first-order chi connectivity index (χ1) is 7.25. The van der Waals surface area contributed by atoms with E-state index in [0.29, 0.717) is 6.54 Å². The van der Waals surface area contributed by atoms with Crippen LogP contribution in [-0.4, -0.2) is 50.0 Å². The van der Waals surface area contributed by atoms with E-state index in [1.807, 2.05) is 11.9 Å². The smallest absolute Gasteiger partial charge is 0.239 e. The highest BCUT2D eigenvalue weighted by Crippen LogP contribution is 2.27. The first kappa shape index (κ1) is 13.5. The van der Waals surface area contributed by atoms with Crippen molar-refractivity contribution < 1.29 is 4.79 Å². The normalized spacial score (nSPS) is 18.8. The van der Waals surface area contributed by atoms with Gasteiger partial charge >= 0.3 is 0 Å². The Morgan fingerprint density at radius 3 is 2.88 bits per heavy atom. The predicted octanol–water partition coefficient (Wildman–Crippen LogP) is 0.0216. The quantitative estimate of drug-likeness (QED) is 0.711. The van der Waals surface area contributed by atoms with Gasteiger partial charge in [-0.05, 0) is 18.8 Å². The number of amides is 1. The number of rotatable bonds is 4. The van der Waals surface area contributed by atoms with Crippen LogP contribution in [0.4, 0.5) is 0 Å². The predicted molar refractivity (Wildman–Crippen MR) is 74.1 cm³/mol. The minimum atomic E-state index is 0. The van der Waals surface area contributed by atoms with Gasteiger partial charge in [0.05, 0.1) is 13.1 Å². The Kier molecular flexibility index (Phi) is 5.30. The molecule has 2 aliphatic rings. The fourth-order valence-corrected chi connectivity index (χ4v) is 1.53. The number of carbonyl (C=O) groups excluding carboxylic acids is 1. The molecule has 6 heteroatoms. The van der Waals surface area contributed by atoms with E-state index in [1.54, 1.807) is 0 Å². The summed E-state index contributed by atoms with van der Waals surface area (Å²) >= 11 is 0. The lowest BCUT2D eigenvalue weighted by atomic mass is 10.4. The fourth-order valence-electron chi connectivity index (χ4n) is 1.53. The summed E-state index contributed by atoms with van der Waals surface area (Å²) in [5.41, 5.74) is 0. The molecule has 1 saturated carbocycles. The van der Waals surface area contributed by atoms with Crippen molar-refractivity contribution in [2.75, 3.05) is 33.2 Å². The summed E-state index contributed by atoms with van der Waals surface area (Å²) in [6.45, 7) is 2.92. The van der Waals surface area contributed by atoms with Crippen LogP contribution in [0.2, 0.25) is 0 Å². The molecule has 1 aliphatic carbocycles. The molecule has 1 fully saturated rings. The first-order valence-corrected chi connectivity index (χ1v) is 5.52. The summed E-state index contributed by atoms with van der Waals surface area (Å²) in [5, 5.41) is 5.95. The lowest BCUT2D eigenvalue weighted by Crippen LogP contribution is -2.42. The second kappa shape index (κ2) is 6.27. The van der Waals surface area contributed by atoms with Crippen molar-refractivity contribution in [3.05, 3.63) is 0 Å². The molecule has 1 heterocycles. The van der Waals surface area contributed by atoms with Crippen LogP contribution >= 0.6 is 24.0 Å². The largest absolute Gasteiger partial charge is 0.354 e. The summed E-state index contributed by atoms with van der Waals surface area (Å²) in [4.78, 5) is 17.7. The first-order valence-electron chi connectivity index (χ1n) is 5.52. The average Bonchev–Trinajstić information content (AvgIpc) is 2.96. The molecule has 2 rings (SSSR count). The Bertz CT molecular complexity index is 278. The van der Waals surface area contributed by atoms with E-state index < -0.39 is 0 Å². The molecule has 0 saturated heterocycles. The topological polar surface area (TPSA) is 56.7 Å². The standard InChI is InChI=1S/C10H18N4O.HI/c1-14-5-4-11-10(14)13-7-9(15)12-6-8-2-3-8;/h8H,2-7H2,1H3,(H,11,13)(H,12,15);1H. The van der Waals surface area contributed by atoms with Gasteiger partial charge in [-0.15, -0.1) is 24.0 Å². The van der Waals surface area contributed by atoms with Gasteiger partial charge in [0.15, 0.2) is 5.96 Å². The van der Waals surface area contributed by atoms with Crippen LogP contribution in [0.1, 0.15) is 12.8 Å². The Morgan fingerprint density at radius 1 is 1.56 bits per heavy atom. The summed E-state index contributed by atoms with van der Waals surface area (Å²) in [6.07, 6.45) is 2.53. The molecule has 5 nitrogen and oxygen atoms in total. The van der Waals surface area contributed by atoms with Crippen LogP contribution in [0, 0.1) is 5.92 Å².